The average molecular weight is 188 g/mol. The van der Waals surface area contributed by atoms with Crippen molar-refractivity contribution in [1.29, 1.82) is 0 Å². The van der Waals surface area contributed by atoms with Gasteiger partial charge in [0.2, 0.25) is 5.91 Å². The summed E-state index contributed by atoms with van der Waals surface area (Å²) in [7, 11) is 1.68. The summed E-state index contributed by atoms with van der Waals surface area (Å²) >= 11 is 0. The lowest BCUT2D eigenvalue weighted by atomic mass is 10.3. The van der Waals surface area contributed by atoms with Gasteiger partial charge in [-0.3, -0.25) is 14.9 Å². The Morgan fingerprint density at radius 2 is 2.08 bits per heavy atom. The van der Waals surface area contributed by atoms with Crippen LogP contribution in [0, 0.1) is 0 Å². The minimum absolute atomic E-state index is 0.0673. The summed E-state index contributed by atoms with van der Waals surface area (Å²) in [6.07, 6.45) is 0. The molecule has 0 rings (SSSR count). The first-order valence-corrected chi connectivity index (χ1v) is 4.19. The van der Waals surface area contributed by atoms with Crippen LogP contribution in [0.2, 0.25) is 0 Å². The number of carboxylic acid groups (broad SMARTS) is 1. The Morgan fingerprint density at radius 1 is 1.54 bits per heavy atom. The van der Waals surface area contributed by atoms with Gasteiger partial charge in [-0.1, -0.05) is 0 Å². The van der Waals surface area contributed by atoms with Crippen molar-refractivity contribution in [2.45, 2.75) is 19.9 Å². The Labute approximate surface area is 77.7 Å². The lowest BCUT2D eigenvalue weighted by molar-refractivity contribution is -0.139. The van der Waals surface area contributed by atoms with Gasteiger partial charge in [0.1, 0.15) is 6.04 Å². The third-order valence-electron chi connectivity index (χ3n) is 1.83. The number of nitrogens with one attached hydrogen (secondary N) is 1. The van der Waals surface area contributed by atoms with Gasteiger partial charge < -0.3 is 10.0 Å². The number of hydrogen-bond acceptors (Lipinski definition) is 3. The second-order valence-electron chi connectivity index (χ2n) is 2.85. The predicted molar refractivity (Wildman–Crippen MR) is 48.4 cm³/mol. The maximum Gasteiger partial charge on any atom is 0.320 e. The van der Waals surface area contributed by atoms with Gasteiger partial charge in [0.25, 0.3) is 0 Å². The first-order chi connectivity index (χ1) is 5.99. The molecule has 0 radical (unpaired) electrons. The Hall–Kier alpha value is -1.10. The van der Waals surface area contributed by atoms with Gasteiger partial charge in [-0.2, -0.15) is 0 Å². The second kappa shape index (κ2) is 5.53. The molecule has 0 aliphatic carbocycles. The average Bonchev–Trinajstić information content (AvgIpc) is 2.11. The van der Waals surface area contributed by atoms with Crippen molar-refractivity contribution in [3.8, 4) is 0 Å². The van der Waals surface area contributed by atoms with Gasteiger partial charge in [0, 0.05) is 13.6 Å². The molecular weight excluding hydrogens is 172 g/mol. The van der Waals surface area contributed by atoms with E-state index in [1.165, 1.54) is 11.8 Å². The zero-order chi connectivity index (χ0) is 10.4. The summed E-state index contributed by atoms with van der Waals surface area (Å²) in [5, 5.41) is 11.1. The maximum atomic E-state index is 11.2. The molecule has 0 aromatic rings. The molecule has 1 atom stereocenters. The summed E-state index contributed by atoms with van der Waals surface area (Å²) in [4.78, 5) is 23.1. The minimum Gasteiger partial charge on any atom is -0.480 e. The molecule has 76 valence electrons. The highest BCUT2D eigenvalue weighted by atomic mass is 16.4. The number of nitrogens with zero attached hydrogens (tertiary/aromatic N) is 1. The normalized spacial score (nSPS) is 12.2. The molecule has 0 aromatic carbocycles. The van der Waals surface area contributed by atoms with E-state index >= 15 is 0 Å². The first-order valence-electron chi connectivity index (χ1n) is 4.19. The fourth-order valence-electron chi connectivity index (χ4n) is 0.639. The highest BCUT2D eigenvalue weighted by Crippen LogP contribution is 1.84. The molecule has 0 unspecified atom stereocenters. The number of carbonyl (C=O) groups is 2. The highest BCUT2D eigenvalue weighted by molar-refractivity contribution is 5.79. The molecule has 0 spiro atoms. The van der Waals surface area contributed by atoms with Crippen LogP contribution in [0.25, 0.3) is 0 Å². The van der Waals surface area contributed by atoms with Crippen LogP contribution in [0.4, 0.5) is 0 Å². The van der Waals surface area contributed by atoms with E-state index < -0.39 is 12.0 Å². The van der Waals surface area contributed by atoms with Gasteiger partial charge >= 0.3 is 5.97 Å². The van der Waals surface area contributed by atoms with Crippen molar-refractivity contribution in [1.82, 2.24) is 10.2 Å². The molecule has 0 saturated carbocycles. The van der Waals surface area contributed by atoms with Crippen molar-refractivity contribution in [2.75, 3.05) is 20.1 Å². The van der Waals surface area contributed by atoms with Crippen LogP contribution in [-0.4, -0.2) is 48.1 Å². The largest absolute Gasteiger partial charge is 0.480 e. The molecule has 0 saturated heterocycles. The molecule has 5 heteroatoms. The minimum atomic E-state index is -0.952. The summed E-state index contributed by atoms with van der Waals surface area (Å²) in [6, 6.07) is -0.686. The van der Waals surface area contributed by atoms with E-state index in [0.29, 0.717) is 6.54 Å². The lowest BCUT2D eigenvalue weighted by Gasteiger charge is -2.15. The maximum absolute atomic E-state index is 11.2. The first kappa shape index (κ1) is 11.9. The molecule has 0 aliphatic heterocycles. The number of carboxylic acids is 1. The molecule has 0 fully saturated rings. The molecule has 0 aliphatic rings. The SMILES string of the molecule is CCN(C)C(=O)CN[C@H](C)C(=O)O. The third kappa shape index (κ3) is 4.47. The molecule has 0 bridgehead atoms. The number of carbonyl (C=O) groups excluding carboxylic acids is 1. The van der Waals surface area contributed by atoms with Gasteiger partial charge in [-0.05, 0) is 13.8 Å². The number of aliphatic carboxylic acids is 1. The summed E-state index contributed by atoms with van der Waals surface area (Å²) in [5.74, 6) is -1.05. The smallest absolute Gasteiger partial charge is 0.320 e. The Bertz CT molecular complexity index is 194. The van der Waals surface area contributed by atoms with Crippen molar-refractivity contribution in [3.63, 3.8) is 0 Å². The topological polar surface area (TPSA) is 69.6 Å². The van der Waals surface area contributed by atoms with E-state index in [9.17, 15) is 9.59 Å². The molecule has 2 N–H and O–H groups in total. The van der Waals surface area contributed by atoms with Gasteiger partial charge in [0.05, 0.1) is 6.54 Å². The van der Waals surface area contributed by atoms with Crippen LogP contribution in [0.15, 0.2) is 0 Å². The van der Waals surface area contributed by atoms with Crippen LogP contribution in [-0.2, 0) is 9.59 Å². The van der Waals surface area contributed by atoms with Crippen LogP contribution in [0.3, 0.4) is 0 Å². The van der Waals surface area contributed by atoms with E-state index in [0.717, 1.165) is 0 Å². The van der Waals surface area contributed by atoms with E-state index in [-0.39, 0.29) is 12.5 Å². The van der Waals surface area contributed by atoms with Crippen molar-refractivity contribution >= 4 is 11.9 Å². The summed E-state index contributed by atoms with van der Waals surface area (Å²) in [5.41, 5.74) is 0. The van der Waals surface area contributed by atoms with Gasteiger partial charge in [0.15, 0.2) is 0 Å². The molecule has 13 heavy (non-hydrogen) atoms. The van der Waals surface area contributed by atoms with Crippen LogP contribution in [0.5, 0.6) is 0 Å². The molecule has 0 aromatic heterocycles. The Kier molecular flexibility index (Phi) is 5.06. The Balaban J connectivity index is 3.76. The number of amides is 1. The standard InChI is InChI=1S/C8H16N2O3/c1-4-10(3)7(11)5-9-6(2)8(12)13/h6,9H,4-5H2,1-3H3,(H,12,13)/t6-/m1/s1. The summed E-state index contributed by atoms with van der Waals surface area (Å²) < 4.78 is 0. The van der Waals surface area contributed by atoms with E-state index in [1.54, 1.807) is 7.05 Å². The van der Waals surface area contributed by atoms with E-state index in [1.807, 2.05) is 6.92 Å². The van der Waals surface area contributed by atoms with Crippen LogP contribution < -0.4 is 5.32 Å². The van der Waals surface area contributed by atoms with Crippen LogP contribution in [0.1, 0.15) is 13.8 Å². The zero-order valence-electron chi connectivity index (χ0n) is 8.20. The van der Waals surface area contributed by atoms with Gasteiger partial charge in [-0.25, -0.2) is 0 Å². The molecule has 1 amide bonds. The molecule has 0 heterocycles. The predicted octanol–water partition coefficient (Wildman–Crippen LogP) is -0.473. The fraction of sp³-hybridized carbons (Fsp3) is 0.750. The zero-order valence-corrected chi connectivity index (χ0v) is 8.20. The van der Waals surface area contributed by atoms with Crippen molar-refractivity contribution in [3.05, 3.63) is 0 Å². The third-order valence-corrected chi connectivity index (χ3v) is 1.83. The number of likely N-dealkylation sites (N-methyl/N-ethyl adjacent to an activating group) is 1. The molecular formula is C8H16N2O3. The fourth-order valence-corrected chi connectivity index (χ4v) is 0.639. The lowest BCUT2D eigenvalue weighted by Crippen LogP contribution is -2.42. The monoisotopic (exact) mass is 188 g/mol. The van der Waals surface area contributed by atoms with E-state index in [4.69, 9.17) is 5.11 Å². The van der Waals surface area contributed by atoms with Crippen LogP contribution >= 0.6 is 0 Å². The van der Waals surface area contributed by atoms with Gasteiger partial charge in [-0.15, -0.1) is 0 Å². The molecule has 5 nitrogen and oxygen atoms in total. The van der Waals surface area contributed by atoms with E-state index in [2.05, 4.69) is 5.32 Å². The van der Waals surface area contributed by atoms with Crippen molar-refractivity contribution < 1.29 is 14.7 Å². The second-order valence-corrected chi connectivity index (χ2v) is 2.85. The van der Waals surface area contributed by atoms with Crippen molar-refractivity contribution in [2.24, 2.45) is 0 Å². The quantitative estimate of drug-likeness (QED) is 0.612. The number of rotatable bonds is 5. The Morgan fingerprint density at radius 3 is 2.46 bits per heavy atom. The highest BCUT2D eigenvalue weighted by Gasteiger charge is 2.12. The number of hydrogen-bond donors (Lipinski definition) is 2. The summed E-state index contributed by atoms with van der Waals surface area (Å²) in [6.45, 7) is 4.06.